The van der Waals surface area contributed by atoms with Crippen molar-refractivity contribution in [3.8, 4) is 0 Å². The lowest BCUT2D eigenvalue weighted by atomic mass is 10.1. The van der Waals surface area contributed by atoms with Gasteiger partial charge in [-0.15, -0.1) is 0 Å². The van der Waals surface area contributed by atoms with Crippen molar-refractivity contribution < 1.29 is 9.90 Å². The van der Waals surface area contributed by atoms with Crippen LogP contribution < -0.4 is 5.32 Å². The normalized spacial score (nSPS) is 19.6. The maximum absolute atomic E-state index is 11.2. The first-order valence-electron chi connectivity index (χ1n) is 6.77. The average Bonchev–Trinajstić information content (AvgIpc) is 2.83. The third-order valence-electron chi connectivity index (χ3n) is 3.75. The molecule has 0 bridgehead atoms. The van der Waals surface area contributed by atoms with E-state index in [1.807, 2.05) is 0 Å². The van der Waals surface area contributed by atoms with Gasteiger partial charge in [0.1, 0.15) is 11.4 Å². The van der Waals surface area contributed by atoms with E-state index in [9.17, 15) is 9.90 Å². The molecule has 1 saturated heterocycles. The summed E-state index contributed by atoms with van der Waals surface area (Å²) in [6.07, 6.45) is 2.81. The average molecular weight is 263 g/mol. The molecule has 2 N–H and O–H groups in total. The summed E-state index contributed by atoms with van der Waals surface area (Å²) in [4.78, 5) is 17.8. The van der Waals surface area contributed by atoms with E-state index >= 15 is 0 Å². The number of hydrogen-bond acceptors (Lipinski definition) is 4. The third kappa shape index (κ3) is 3.23. The SMILES string of the molecule is CCN1CCC(CNc2nccc(C)c2C(=O)O)C1. The van der Waals surface area contributed by atoms with Crippen LogP contribution in [0.3, 0.4) is 0 Å². The number of carboxylic acid groups (broad SMARTS) is 1. The largest absolute Gasteiger partial charge is 0.478 e. The van der Waals surface area contributed by atoms with Gasteiger partial charge in [-0.3, -0.25) is 0 Å². The molecule has 19 heavy (non-hydrogen) atoms. The lowest BCUT2D eigenvalue weighted by Gasteiger charge is -2.15. The fourth-order valence-corrected chi connectivity index (χ4v) is 2.57. The highest BCUT2D eigenvalue weighted by atomic mass is 16.4. The predicted molar refractivity (Wildman–Crippen MR) is 74.6 cm³/mol. The molecule has 5 heteroatoms. The highest BCUT2D eigenvalue weighted by Crippen LogP contribution is 2.20. The van der Waals surface area contributed by atoms with Crippen LogP contribution in [0.15, 0.2) is 12.3 Å². The van der Waals surface area contributed by atoms with Crippen molar-refractivity contribution in [2.45, 2.75) is 20.3 Å². The van der Waals surface area contributed by atoms with Crippen LogP contribution in [-0.2, 0) is 0 Å². The molecular weight excluding hydrogens is 242 g/mol. The summed E-state index contributed by atoms with van der Waals surface area (Å²) < 4.78 is 0. The Labute approximate surface area is 113 Å². The maximum Gasteiger partial charge on any atom is 0.339 e. The van der Waals surface area contributed by atoms with Crippen LogP contribution in [0.2, 0.25) is 0 Å². The maximum atomic E-state index is 11.2. The van der Waals surface area contributed by atoms with E-state index in [1.54, 1.807) is 19.2 Å². The zero-order valence-corrected chi connectivity index (χ0v) is 11.5. The van der Waals surface area contributed by atoms with Crippen LogP contribution in [0.5, 0.6) is 0 Å². The number of nitrogens with one attached hydrogen (secondary N) is 1. The van der Waals surface area contributed by atoms with Gasteiger partial charge in [0.15, 0.2) is 0 Å². The Hall–Kier alpha value is -1.62. The molecule has 1 aromatic heterocycles. The Balaban J connectivity index is 2.00. The fraction of sp³-hybridized carbons (Fsp3) is 0.571. The van der Waals surface area contributed by atoms with Crippen molar-refractivity contribution in [3.63, 3.8) is 0 Å². The monoisotopic (exact) mass is 263 g/mol. The lowest BCUT2D eigenvalue weighted by molar-refractivity contribution is 0.0697. The molecule has 0 aromatic carbocycles. The van der Waals surface area contributed by atoms with Gasteiger partial charge in [0.25, 0.3) is 0 Å². The second kappa shape index (κ2) is 6.02. The van der Waals surface area contributed by atoms with Crippen LogP contribution in [-0.4, -0.2) is 47.1 Å². The highest BCUT2D eigenvalue weighted by molar-refractivity contribution is 5.94. The summed E-state index contributed by atoms with van der Waals surface area (Å²) in [7, 11) is 0. The molecule has 0 aliphatic carbocycles. The van der Waals surface area contributed by atoms with Gasteiger partial charge in [0.05, 0.1) is 0 Å². The first-order valence-corrected chi connectivity index (χ1v) is 6.77. The number of aromatic carboxylic acids is 1. The molecule has 1 aromatic rings. The number of likely N-dealkylation sites (tertiary alicyclic amines) is 1. The van der Waals surface area contributed by atoms with Crippen molar-refractivity contribution in [3.05, 3.63) is 23.4 Å². The Morgan fingerprint density at radius 1 is 1.63 bits per heavy atom. The summed E-state index contributed by atoms with van der Waals surface area (Å²) in [5, 5.41) is 12.4. The number of carbonyl (C=O) groups is 1. The third-order valence-corrected chi connectivity index (χ3v) is 3.75. The van der Waals surface area contributed by atoms with Gasteiger partial charge in [-0.05, 0) is 44.0 Å². The molecule has 1 unspecified atom stereocenters. The lowest BCUT2D eigenvalue weighted by Crippen LogP contribution is -2.23. The number of aryl methyl sites for hydroxylation is 1. The van der Waals surface area contributed by atoms with Gasteiger partial charge < -0.3 is 15.3 Å². The molecular formula is C14H21N3O2. The van der Waals surface area contributed by atoms with Crippen LogP contribution in [0.4, 0.5) is 5.82 Å². The van der Waals surface area contributed by atoms with Gasteiger partial charge in [-0.2, -0.15) is 0 Å². The molecule has 1 fully saturated rings. The van der Waals surface area contributed by atoms with E-state index in [-0.39, 0.29) is 5.56 Å². The summed E-state index contributed by atoms with van der Waals surface area (Å²) in [6.45, 7) is 8.05. The summed E-state index contributed by atoms with van der Waals surface area (Å²) in [5.74, 6) is 0.140. The molecule has 0 saturated carbocycles. The van der Waals surface area contributed by atoms with Crippen molar-refractivity contribution in [1.29, 1.82) is 0 Å². The van der Waals surface area contributed by atoms with Crippen molar-refractivity contribution in [2.24, 2.45) is 5.92 Å². The van der Waals surface area contributed by atoms with Crippen molar-refractivity contribution >= 4 is 11.8 Å². The Bertz CT molecular complexity index is 462. The molecule has 0 radical (unpaired) electrons. The number of aromatic nitrogens is 1. The second-order valence-corrected chi connectivity index (χ2v) is 5.09. The zero-order chi connectivity index (χ0) is 13.8. The molecule has 1 aliphatic rings. The van der Waals surface area contributed by atoms with Gasteiger partial charge in [-0.1, -0.05) is 6.92 Å². The number of nitrogens with zero attached hydrogens (tertiary/aromatic N) is 2. The van der Waals surface area contributed by atoms with Gasteiger partial charge >= 0.3 is 5.97 Å². The molecule has 1 atom stereocenters. The summed E-state index contributed by atoms with van der Waals surface area (Å²) in [6, 6.07) is 1.73. The van der Waals surface area contributed by atoms with Gasteiger partial charge in [-0.25, -0.2) is 9.78 Å². The smallest absolute Gasteiger partial charge is 0.339 e. The first-order chi connectivity index (χ1) is 9.11. The predicted octanol–water partition coefficient (Wildman–Crippen LogP) is 1.84. The molecule has 2 rings (SSSR count). The standard InChI is InChI=1S/C14H21N3O2/c1-3-17-7-5-11(9-17)8-16-13-12(14(18)19)10(2)4-6-15-13/h4,6,11H,3,5,7-9H2,1-2H3,(H,15,16)(H,18,19). The second-order valence-electron chi connectivity index (χ2n) is 5.09. The molecule has 5 nitrogen and oxygen atoms in total. The van der Waals surface area contributed by atoms with E-state index < -0.39 is 5.97 Å². The quantitative estimate of drug-likeness (QED) is 0.848. The number of hydrogen-bond donors (Lipinski definition) is 2. The Morgan fingerprint density at radius 3 is 3.05 bits per heavy atom. The molecule has 2 heterocycles. The Kier molecular flexibility index (Phi) is 4.37. The minimum Gasteiger partial charge on any atom is -0.478 e. The number of pyridine rings is 1. The van der Waals surface area contributed by atoms with E-state index in [0.29, 0.717) is 11.7 Å². The van der Waals surface area contributed by atoms with E-state index in [1.165, 1.54) is 0 Å². The van der Waals surface area contributed by atoms with E-state index in [4.69, 9.17) is 0 Å². The highest BCUT2D eigenvalue weighted by Gasteiger charge is 2.22. The van der Waals surface area contributed by atoms with Crippen molar-refractivity contribution in [1.82, 2.24) is 9.88 Å². The van der Waals surface area contributed by atoms with Crippen LogP contribution in [0.25, 0.3) is 0 Å². The molecule has 104 valence electrons. The van der Waals surface area contributed by atoms with Crippen LogP contribution in [0.1, 0.15) is 29.3 Å². The topological polar surface area (TPSA) is 65.5 Å². The number of rotatable bonds is 5. The van der Waals surface area contributed by atoms with Crippen LogP contribution in [0, 0.1) is 12.8 Å². The fourth-order valence-electron chi connectivity index (χ4n) is 2.57. The molecule has 1 aliphatic heterocycles. The van der Waals surface area contributed by atoms with Gasteiger partial charge in [0, 0.05) is 19.3 Å². The Morgan fingerprint density at radius 2 is 2.42 bits per heavy atom. The number of carboxylic acids is 1. The van der Waals surface area contributed by atoms with Crippen molar-refractivity contribution in [2.75, 3.05) is 31.5 Å². The van der Waals surface area contributed by atoms with E-state index in [2.05, 4.69) is 22.1 Å². The molecule has 0 spiro atoms. The van der Waals surface area contributed by atoms with Crippen LogP contribution >= 0.6 is 0 Å². The zero-order valence-electron chi connectivity index (χ0n) is 11.5. The molecule has 0 amide bonds. The minimum absolute atomic E-state index is 0.285. The number of anilines is 1. The first kappa shape index (κ1) is 13.8. The minimum atomic E-state index is -0.922. The van der Waals surface area contributed by atoms with Gasteiger partial charge in [0.2, 0.25) is 0 Å². The summed E-state index contributed by atoms with van der Waals surface area (Å²) >= 11 is 0. The van der Waals surface area contributed by atoms with E-state index in [0.717, 1.165) is 38.2 Å². The summed E-state index contributed by atoms with van der Waals surface area (Å²) in [5.41, 5.74) is 1.03.